The van der Waals surface area contributed by atoms with Crippen molar-refractivity contribution in [3.63, 3.8) is 0 Å². The van der Waals surface area contributed by atoms with E-state index in [0.29, 0.717) is 12.6 Å². The van der Waals surface area contributed by atoms with Gasteiger partial charge >= 0.3 is 0 Å². The van der Waals surface area contributed by atoms with Crippen LogP contribution in [-0.4, -0.2) is 49.4 Å². The van der Waals surface area contributed by atoms with Crippen LogP contribution >= 0.6 is 0 Å². The van der Waals surface area contributed by atoms with Gasteiger partial charge in [-0.25, -0.2) is 0 Å². The van der Waals surface area contributed by atoms with E-state index in [1.807, 2.05) is 11.9 Å². The minimum Gasteiger partial charge on any atom is -0.317 e. The summed E-state index contributed by atoms with van der Waals surface area (Å²) < 4.78 is 0. The van der Waals surface area contributed by atoms with E-state index in [4.69, 9.17) is 0 Å². The Labute approximate surface area is 95.7 Å². The maximum absolute atomic E-state index is 11.4. The number of amides is 2. The van der Waals surface area contributed by atoms with Crippen LogP contribution in [0.15, 0.2) is 0 Å². The molecule has 0 atom stereocenters. The number of carbonyl (C=O) groups excluding carboxylic acids is 2. The Bertz CT molecular complexity index is 251. The van der Waals surface area contributed by atoms with E-state index in [1.54, 1.807) is 0 Å². The smallest absolute Gasteiger partial charge is 0.252 e. The molecule has 1 saturated heterocycles. The molecule has 0 unspecified atom stereocenters. The van der Waals surface area contributed by atoms with Gasteiger partial charge in [-0.05, 0) is 33.0 Å². The average Bonchev–Trinajstić information content (AvgIpc) is 2.27. The summed E-state index contributed by atoms with van der Waals surface area (Å²) in [4.78, 5) is 24.0. The van der Waals surface area contributed by atoms with Gasteiger partial charge in [-0.1, -0.05) is 0 Å². The molecule has 0 aromatic rings. The van der Waals surface area contributed by atoms with E-state index in [1.165, 1.54) is 6.92 Å². The van der Waals surface area contributed by atoms with Crippen molar-refractivity contribution < 1.29 is 9.59 Å². The Kier molecular flexibility index (Phi) is 5.21. The second-order valence-electron chi connectivity index (χ2n) is 4.13. The van der Waals surface area contributed by atoms with E-state index >= 15 is 0 Å². The minimum atomic E-state index is -0.266. The molecule has 6 heteroatoms. The molecule has 1 aliphatic rings. The molecule has 0 aromatic heterocycles. The van der Waals surface area contributed by atoms with Crippen LogP contribution in [-0.2, 0) is 9.59 Å². The lowest BCUT2D eigenvalue weighted by Gasteiger charge is -2.30. The summed E-state index contributed by atoms with van der Waals surface area (Å²) in [5.74, 6) is -0.450. The van der Waals surface area contributed by atoms with E-state index in [2.05, 4.69) is 16.2 Å². The summed E-state index contributed by atoms with van der Waals surface area (Å²) in [5, 5.41) is 3.28. The fourth-order valence-corrected chi connectivity index (χ4v) is 1.80. The van der Waals surface area contributed by atoms with Gasteiger partial charge in [0.2, 0.25) is 5.91 Å². The number of hydrogen-bond acceptors (Lipinski definition) is 4. The van der Waals surface area contributed by atoms with Crippen LogP contribution in [0.2, 0.25) is 0 Å². The molecule has 0 saturated carbocycles. The average molecular weight is 228 g/mol. The van der Waals surface area contributed by atoms with Gasteiger partial charge in [-0.15, -0.1) is 0 Å². The molecule has 6 nitrogen and oxygen atoms in total. The van der Waals surface area contributed by atoms with Crippen molar-refractivity contribution >= 4 is 11.8 Å². The van der Waals surface area contributed by atoms with Crippen molar-refractivity contribution in [1.29, 1.82) is 0 Å². The Morgan fingerprint density at radius 3 is 2.50 bits per heavy atom. The summed E-state index contributed by atoms with van der Waals surface area (Å²) >= 11 is 0. The molecule has 0 radical (unpaired) electrons. The Morgan fingerprint density at radius 1 is 1.31 bits per heavy atom. The maximum Gasteiger partial charge on any atom is 0.252 e. The van der Waals surface area contributed by atoms with Crippen LogP contribution in [0.25, 0.3) is 0 Å². The molecule has 1 fully saturated rings. The summed E-state index contributed by atoms with van der Waals surface area (Å²) in [7, 11) is 1.93. The standard InChI is InChI=1S/C10H20N4O2/c1-8(15)12-13-10(16)7-14(2)9-3-5-11-6-4-9/h9,11H,3-7H2,1-2H3,(H,12,15)(H,13,16). The number of nitrogens with zero attached hydrogens (tertiary/aromatic N) is 1. The molecule has 0 bridgehead atoms. The fraction of sp³-hybridized carbons (Fsp3) is 0.800. The van der Waals surface area contributed by atoms with Crippen molar-refractivity contribution in [3.8, 4) is 0 Å². The van der Waals surface area contributed by atoms with Crippen LogP contribution in [0.3, 0.4) is 0 Å². The topological polar surface area (TPSA) is 73.5 Å². The number of hydrogen-bond donors (Lipinski definition) is 3. The minimum absolute atomic E-state index is 0.184. The monoisotopic (exact) mass is 228 g/mol. The van der Waals surface area contributed by atoms with Crippen LogP contribution in [0, 0.1) is 0 Å². The first kappa shape index (κ1) is 12.9. The first-order chi connectivity index (χ1) is 7.59. The molecule has 1 heterocycles. The number of nitrogens with one attached hydrogen (secondary N) is 3. The molecule has 1 aliphatic heterocycles. The molecule has 3 N–H and O–H groups in total. The summed E-state index contributed by atoms with van der Waals surface area (Å²) in [6.45, 7) is 3.67. The van der Waals surface area contributed by atoms with Crippen molar-refractivity contribution in [2.45, 2.75) is 25.8 Å². The number of rotatable bonds is 3. The molecule has 2 amide bonds. The third-order valence-corrected chi connectivity index (χ3v) is 2.70. The lowest BCUT2D eigenvalue weighted by Crippen LogP contribution is -2.48. The number of hydrazine groups is 1. The third-order valence-electron chi connectivity index (χ3n) is 2.70. The lowest BCUT2D eigenvalue weighted by atomic mass is 10.1. The SMILES string of the molecule is CC(=O)NNC(=O)CN(C)C1CCNCC1. The largest absolute Gasteiger partial charge is 0.317 e. The molecule has 0 aromatic carbocycles. The highest BCUT2D eigenvalue weighted by atomic mass is 16.2. The third kappa shape index (κ3) is 4.59. The van der Waals surface area contributed by atoms with Crippen molar-refractivity contribution in [1.82, 2.24) is 21.1 Å². The zero-order valence-electron chi connectivity index (χ0n) is 9.88. The van der Waals surface area contributed by atoms with E-state index in [9.17, 15) is 9.59 Å². The van der Waals surface area contributed by atoms with Gasteiger partial charge in [0.05, 0.1) is 6.54 Å². The van der Waals surface area contributed by atoms with Gasteiger partial charge in [0.15, 0.2) is 0 Å². The molecular weight excluding hydrogens is 208 g/mol. The lowest BCUT2D eigenvalue weighted by molar-refractivity contribution is -0.128. The van der Waals surface area contributed by atoms with E-state index in [0.717, 1.165) is 25.9 Å². The molecule has 0 spiro atoms. The highest BCUT2D eigenvalue weighted by molar-refractivity contribution is 5.81. The predicted molar refractivity (Wildman–Crippen MR) is 60.5 cm³/mol. The molecule has 1 rings (SSSR count). The van der Waals surface area contributed by atoms with E-state index < -0.39 is 0 Å². The van der Waals surface area contributed by atoms with Crippen LogP contribution < -0.4 is 16.2 Å². The number of carbonyl (C=O) groups is 2. The number of piperidine rings is 1. The highest BCUT2D eigenvalue weighted by Crippen LogP contribution is 2.08. The molecule has 0 aliphatic carbocycles. The quantitative estimate of drug-likeness (QED) is 0.533. The second kappa shape index (κ2) is 6.44. The van der Waals surface area contributed by atoms with Gasteiger partial charge in [0.1, 0.15) is 0 Å². The Morgan fingerprint density at radius 2 is 1.94 bits per heavy atom. The molecule has 92 valence electrons. The van der Waals surface area contributed by atoms with Gasteiger partial charge in [-0.3, -0.25) is 25.3 Å². The van der Waals surface area contributed by atoms with Gasteiger partial charge in [-0.2, -0.15) is 0 Å². The normalized spacial score (nSPS) is 17.2. The number of likely N-dealkylation sites (N-methyl/N-ethyl adjacent to an activating group) is 1. The molecular formula is C10H20N4O2. The van der Waals surface area contributed by atoms with Crippen molar-refractivity contribution in [3.05, 3.63) is 0 Å². The first-order valence-corrected chi connectivity index (χ1v) is 5.56. The second-order valence-corrected chi connectivity index (χ2v) is 4.13. The predicted octanol–water partition coefficient (Wildman–Crippen LogP) is -1.16. The summed E-state index contributed by atoms with van der Waals surface area (Å²) in [6.07, 6.45) is 2.12. The Balaban J connectivity index is 2.23. The van der Waals surface area contributed by atoms with Crippen molar-refractivity contribution in [2.24, 2.45) is 0 Å². The zero-order valence-corrected chi connectivity index (χ0v) is 9.88. The highest BCUT2D eigenvalue weighted by Gasteiger charge is 2.19. The van der Waals surface area contributed by atoms with Gasteiger partial charge in [0, 0.05) is 13.0 Å². The first-order valence-electron chi connectivity index (χ1n) is 5.56. The van der Waals surface area contributed by atoms with Gasteiger partial charge < -0.3 is 5.32 Å². The van der Waals surface area contributed by atoms with E-state index in [-0.39, 0.29) is 11.8 Å². The summed E-state index contributed by atoms with van der Waals surface area (Å²) in [6, 6.07) is 0.448. The van der Waals surface area contributed by atoms with Crippen LogP contribution in [0.5, 0.6) is 0 Å². The van der Waals surface area contributed by atoms with Gasteiger partial charge in [0.25, 0.3) is 5.91 Å². The van der Waals surface area contributed by atoms with Crippen molar-refractivity contribution in [2.75, 3.05) is 26.7 Å². The Hall–Kier alpha value is -1.14. The molecule has 16 heavy (non-hydrogen) atoms. The van der Waals surface area contributed by atoms with Crippen LogP contribution in [0.4, 0.5) is 0 Å². The fourth-order valence-electron chi connectivity index (χ4n) is 1.80. The van der Waals surface area contributed by atoms with Crippen LogP contribution in [0.1, 0.15) is 19.8 Å². The summed E-state index contributed by atoms with van der Waals surface area (Å²) in [5.41, 5.74) is 4.63. The maximum atomic E-state index is 11.4. The zero-order chi connectivity index (χ0) is 12.0.